The van der Waals surface area contributed by atoms with Crippen LogP contribution in [-0.4, -0.2) is 28.3 Å². The highest BCUT2D eigenvalue weighted by Crippen LogP contribution is 2.29. The first-order valence-electron chi connectivity index (χ1n) is 6.27. The molecule has 0 bridgehead atoms. The van der Waals surface area contributed by atoms with Crippen molar-refractivity contribution in [1.82, 2.24) is 4.90 Å². The fourth-order valence-electron chi connectivity index (χ4n) is 2.45. The van der Waals surface area contributed by atoms with E-state index in [1.54, 1.807) is 19.1 Å². The van der Waals surface area contributed by atoms with Crippen LogP contribution in [0.15, 0.2) is 29.3 Å². The molecule has 0 spiro atoms. The first kappa shape index (κ1) is 14.1. The van der Waals surface area contributed by atoms with E-state index in [1.807, 2.05) is 6.92 Å². The van der Waals surface area contributed by atoms with Crippen molar-refractivity contribution in [2.45, 2.75) is 31.8 Å². The van der Waals surface area contributed by atoms with Gasteiger partial charge in [-0.05, 0) is 31.5 Å². The van der Waals surface area contributed by atoms with E-state index < -0.39 is 17.6 Å². The zero-order valence-electron chi connectivity index (χ0n) is 11.4. The Morgan fingerprint density at radius 3 is 2.65 bits per heavy atom. The molecule has 2 unspecified atom stereocenters. The Morgan fingerprint density at radius 1 is 1.50 bits per heavy atom. The number of amides is 2. The lowest BCUT2D eigenvalue weighted by atomic mass is 9.89. The molecule has 1 heterocycles. The van der Waals surface area contributed by atoms with Gasteiger partial charge in [-0.2, -0.15) is 4.99 Å². The predicted octanol–water partition coefficient (Wildman–Crippen LogP) is 1.94. The number of nitrogens with zero attached hydrogens (tertiary/aromatic N) is 2. The van der Waals surface area contributed by atoms with Gasteiger partial charge in [0.05, 0.1) is 6.04 Å². The van der Waals surface area contributed by atoms with Gasteiger partial charge in [0.2, 0.25) is 0 Å². The average Bonchev–Trinajstić information content (AvgIpc) is 2.62. The summed E-state index contributed by atoms with van der Waals surface area (Å²) >= 11 is 0. The van der Waals surface area contributed by atoms with Gasteiger partial charge < -0.3 is 5.73 Å². The van der Waals surface area contributed by atoms with E-state index in [2.05, 4.69) is 10.9 Å². The average molecular weight is 273 g/mol. The third-order valence-corrected chi connectivity index (χ3v) is 3.60. The van der Waals surface area contributed by atoms with Crippen molar-refractivity contribution >= 4 is 11.9 Å². The topological polar surface area (TPSA) is 58.7 Å². The minimum atomic E-state index is -0.791. The van der Waals surface area contributed by atoms with Crippen LogP contribution < -0.4 is 5.73 Å². The lowest BCUT2D eigenvalue weighted by Crippen LogP contribution is -2.56. The highest BCUT2D eigenvalue weighted by molar-refractivity contribution is 6.06. The van der Waals surface area contributed by atoms with Crippen molar-refractivity contribution in [2.75, 3.05) is 0 Å². The van der Waals surface area contributed by atoms with Crippen molar-refractivity contribution in [3.63, 3.8) is 0 Å². The summed E-state index contributed by atoms with van der Waals surface area (Å²) in [6.45, 7) is 3.56. The third kappa shape index (κ3) is 2.25. The molecule has 2 rings (SSSR count). The number of hydrogen-bond acceptors (Lipinski definition) is 2. The minimum absolute atomic E-state index is 0.230. The molecule has 0 saturated carbocycles. The molecule has 1 aromatic rings. The molecule has 2 atom stereocenters. The summed E-state index contributed by atoms with van der Waals surface area (Å²) in [6.07, 6.45) is 5.84. The van der Waals surface area contributed by atoms with E-state index in [-0.39, 0.29) is 11.7 Å². The Morgan fingerprint density at radius 2 is 2.10 bits per heavy atom. The lowest BCUT2D eigenvalue weighted by Gasteiger charge is -2.37. The summed E-state index contributed by atoms with van der Waals surface area (Å²) in [7, 11) is 0. The van der Waals surface area contributed by atoms with Crippen molar-refractivity contribution in [3.05, 3.63) is 35.6 Å². The Balaban J connectivity index is 2.35. The molecule has 0 radical (unpaired) electrons. The van der Waals surface area contributed by atoms with Gasteiger partial charge in [-0.25, -0.2) is 9.18 Å². The Hall–Kier alpha value is -2.35. The van der Waals surface area contributed by atoms with Gasteiger partial charge in [0.1, 0.15) is 17.2 Å². The summed E-state index contributed by atoms with van der Waals surface area (Å²) in [5.41, 5.74) is 5.98. The van der Waals surface area contributed by atoms with Crippen LogP contribution in [0.3, 0.4) is 0 Å². The molecule has 104 valence electrons. The number of rotatable bonds is 3. The van der Waals surface area contributed by atoms with Crippen LogP contribution in [0.5, 0.6) is 0 Å². The molecule has 20 heavy (non-hydrogen) atoms. The number of hydrogen-bond donors (Lipinski definition) is 1. The van der Waals surface area contributed by atoms with Gasteiger partial charge in [0.15, 0.2) is 0 Å². The number of carbonyl (C=O) groups excluding carboxylic acids is 1. The molecule has 1 aliphatic heterocycles. The highest BCUT2D eigenvalue weighted by Gasteiger charge is 2.46. The van der Waals surface area contributed by atoms with Gasteiger partial charge in [0, 0.05) is 6.42 Å². The number of carbonyl (C=O) groups is 1. The molecule has 0 fully saturated rings. The van der Waals surface area contributed by atoms with Gasteiger partial charge in [-0.3, -0.25) is 4.90 Å². The summed E-state index contributed by atoms with van der Waals surface area (Å²) in [4.78, 5) is 17.3. The first-order valence-corrected chi connectivity index (χ1v) is 6.27. The van der Waals surface area contributed by atoms with Crippen LogP contribution in [0.4, 0.5) is 9.18 Å². The van der Waals surface area contributed by atoms with Crippen molar-refractivity contribution < 1.29 is 9.18 Å². The van der Waals surface area contributed by atoms with E-state index in [9.17, 15) is 9.18 Å². The fraction of sp³-hybridized carbons (Fsp3) is 0.333. The predicted molar refractivity (Wildman–Crippen MR) is 75.7 cm³/mol. The van der Waals surface area contributed by atoms with Crippen molar-refractivity contribution in [3.8, 4) is 12.3 Å². The zero-order valence-corrected chi connectivity index (χ0v) is 11.4. The SMILES string of the molecule is C#CC(C)N1C(=O)N=C(N)C1(C)Cc1ccc(F)cc1. The lowest BCUT2D eigenvalue weighted by molar-refractivity contribution is 0.166. The zero-order chi connectivity index (χ0) is 14.9. The van der Waals surface area contributed by atoms with Crippen molar-refractivity contribution in [2.24, 2.45) is 10.7 Å². The molecule has 0 aromatic heterocycles. The van der Waals surface area contributed by atoms with Crippen molar-refractivity contribution in [1.29, 1.82) is 0 Å². The molecule has 2 amide bonds. The maximum atomic E-state index is 13.0. The molecule has 1 aliphatic rings. The number of amidine groups is 1. The van der Waals surface area contributed by atoms with Crippen LogP contribution in [0, 0.1) is 18.2 Å². The second-order valence-electron chi connectivity index (χ2n) is 5.07. The number of aliphatic imine (C=N–C) groups is 1. The molecule has 0 saturated heterocycles. The molecule has 5 heteroatoms. The number of benzene rings is 1. The Labute approximate surface area is 117 Å². The van der Waals surface area contributed by atoms with E-state index in [1.165, 1.54) is 17.0 Å². The highest BCUT2D eigenvalue weighted by atomic mass is 19.1. The second-order valence-corrected chi connectivity index (χ2v) is 5.07. The number of terminal acetylenes is 1. The van der Waals surface area contributed by atoms with Crippen LogP contribution in [0.2, 0.25) is 0 Å². The molecule has 4 nitrogen and oxygen atoms in total. The summed E-state index contributed by atoms with van der Waals surface area (Å²) < 4.78 is 13.0. The van der Waals surface area contributed by atoms with Crippen LogP contribution >= 0.6 is 0 Å². The second kappa shape index (κ2) is 4.97. The largest absolute Gasteiger partial charge is 0.385 e. The smallest absolute Gasteiger partial charge is 0.347 e. The van der Waals surface area contributed by atoms with E-state index in [4.69, 9.17) is 12.2 Å². The van der Waals surface area contributed by atoms with Gasteiger partial charge in [-0.1, -0.05) is 18.1 Å². The summed E-state index contributed by atoms with van der Waals surface area (Å²) in [5.74, 6) is 2.45. The van der Waals surface area contributed by atoms with Crippen LogP contribution in [0.25, 0.3) is 0 Å². The fourth-order valence-corrected chi connectivity index (χ4v) is 2.45. The molecular weight excluding hydrogens is 257 g/mol. The number of nitrogens with two attached hydrogens (primary N) is 1. The molecule has 0 aliphatic carbocycles. The monoisotopic (exact) mass is 273 g/mol. The Kier molecular flexibility index (Phi) is 3.49. The van der Waals surface area contributed by atoms with E-state index in [0.717, 1.165) is 5.56 Å². The maximum Gasteiger partial charge on any atom is 0.347 e. The van der Waals surface area contributed by atoms with Gasteiger partial charge >= 0.3 is 6.03 Å². The van der Waals surface area contributed by atoms with Crippen LogP contribution in [0.1, 0.15) is 19.4 Å². The van der Waals surface area contributed by atoms with Crippen LogP contribution in [-0.2, 0) is 6.42 Å². The van der Waals surface area contributed by atoms with E-state index in [0.29, 0.717) is 6.42 Å². The number of urea groups is 1. The Bertz CT molecular complexity index is 603. The minimum Gasteiger partial charge on any atom is -0.385 e. The van der Waals surface area contributed by atoms with Gasteiger partial charge in [-0.15, -0.1) is 6.42 Å². The molecular formula is C15H16FN3O. The quantitative estimate of drug-likeness (QED) is 0.856. The standard InChI is InChI=1S/C15H16FN3O/c1-4-10(2)19-14(20)18-13(17)15(19,3)9-11-5-7-12(16)8-6-11/h1,5-8,10H,9H2,2-3H3,(H2,17,18,20). The number of halogens is 1. The third-order valence-electron chi connectivity index (χ3n) is 3.60. The molecule has 1 aromatic carbocycles. The van der Waals surface area contributed by atoms with E-state index >= 15 is 0 Å². The summed E-state index contributed by atoms with van der Waals surface area (Å²) in [5, 5.41) is 0. The van der Waals surface area contributed by atoms with Gasteiger partial charge in [0.25, 0.3) is 0 Å². The summed E-state index contributed by atoms with van der Waals surface area (Å²) in [6, 6.07) is 5.22. The molecule has 2 N–H and O–H groups in total. The maximum absolute atomic E-state index is 13.0. The normalized spacial score (nSPS) is 23.4. The first-order chi connectivity index (χ1) is 9.38.